The van der Waals surface area contributed by atoms with Crippen LogP contribution in [0.25, 0.3) is 11.6 Å². The third-order valence-corrected chi connectivity index (χ3v) is 3.36. The number of hydrogen-bond donors (Lipinski definition) is 0. The van der Waals surface area contributed by atoms with Crippen molar-refractivity contribution in [1.82, 2.24) is 9.88 Å². The number of hydrogen-bond acceptors (Lipinski definition) is 3. The van der Waals surface area contributed by atoms with Gasteiger partial charge >= 0.3 is 6.09 Å². The summed E-state index contributed by atoms with van der Waals surface area (Å²) in [6.07, 6.45) is 8.50. The van der Waals surface area contributed by atoms with Gasteiger partial charge in [0.1, 0.15) is 5.60 Å². The van der Waals surface area contributed by atoms with Crippen LogP contribution in [0.5, 0.6) is 0 Å². The molecule has 0 radical (unpaired) electrons. The predicted octanol–water partition coefficient (Wildman–Crippen LogP) is 4.14. The van der Waals surface area contributed by atoms with E-state index in [1.807, 2.05) is 52.1 Å². The van der Waals surface area contributed by atoms with Crippen LogP contribution < -0.4 is 0 Å². The van der Waals surface area contributed by atoms with Crippen LogP contribution in [0.1, 0.15) is 45.4 Å². The Kier molecular flexibility index (Phi) is 5.01. The molecule has 0 spiro atoms. The minimum atomic E-state index is -0.451. The van der Waals surface area contributed by atoms with E-state index in [9.17, 15) is 4.79 Å². The van der Waals surface area contributed by atoms with Gasteiger partial charge in [0.05, 0.1) is 5.69 Å². The molecule has 1 aromatic rings. The van der Waals surface area contributed by atoms with Crippen LogP contribution in [-0.2, 0) is 4.74 Å². The minimum absolute atomic E-state index is 0.246. The van der Waals surface area contributed by atoms with Gasteiger partial charge in [0, 0.05) is 19.3 Å². The van der Waals surface area contributed by atoms with E-state index < -0.39 is 5.60 Å². The average Bonchev–Trinajstić information content (AvgIpc) is 2.47. The molecule has 1 aliphatic heterocycles. The zero-order valence-electron chi connectivity index (χ0n) is 13.8. The van der Waals surface area contributed by atoms with Crippen molar-refractivity contribution in [3.05, 3.63) is 41.7 Å². The van der Waals surface area contributed by atoms with E-state index in [0.29, 0.717) is 13.1 Å². The highest BCUT2D eigenvalue weighted by molar-refractivity contribution is 5.72. The molecule has 0 aromatic carbocycles. The first-order valence-electron chi connectivity index (χ1n) is 7.65. The van der Waals surface area contributed by atoms with Gasteiger partial charge in [-0.25, -0.2) is 4.79 Å². The van der Waals surface area contributed by atoms with Crippen LogP contribution in [0.2, 0.25) is 0 Å². The quantitative estimate of drug-likeness (QED) is 0.824. The molecule has 0 saturated carbocycles. The van der Waals surface area contributed by atoms with E-state index in [2.05, 4.69) is 17.1 Å². The minimum Gasteiger partial charge on any atom is -0.444 e. The molecule has 0 unspecified atom stereocenters. The largest absolute Gasteiger partial charge is 0.444 e. The van der Waals surface area contributed by atoms with Crippen LogP contribution in [0.15, 0.2) is 30.5 Å². The molecule has 22 heavy (non-hydrogen) atoms. The van der Waals surface area contributed by atoms with Crippen molar-refractivity contribution in [2.45, 2.75) is 39.7 Å². The van der Waals surface area contributed by atoms with Crippen molar-refractivity contribution in [2.75, 3.05) is 13.1 Å². The molecule has 4 nitrogen and oxygen atoms in total. The van der Waals surface area contributed by atoms with Crippen molar-refractivity contribution in [3.63, 3.8) is 0 Å². The topological polar surface area (TPSA) is 42.4 Å². The first-order chi connectivity index (χ1) is 10.4. The number of nitrogens with zero attached hydrogens (tertiary/aromatic N) is 2. The molecule has 0 N–H and O–H groups in total. The van der Waals surface area contributed by atoms with E-state index >= 15 is 0 Å². The molecule has 0 aliphatic carbocycles. The fraction of sp³-hybridized carbons (Fsp3) is 0.444. The molecule has 0 bridgehead atoms. The van der Waals surface area contributed by atoms with E-state index in [1.54, 1.807) is 4.90 Å². The number of carbonyl (C=O) groups excluding carboxylic acids is 1. The molecule has 1 aromatic heterocycles. The summed E-state index contributed by atoms with van der Waals surface area (Å²) < 4.78 is 5.40. The second-order valence-electron chi connectivity index (χ2n) is 6.38. The normalized spacial score (nSPS) is 15.8. The third kappa shape index (κ3) is 4.45. The lowest BCUT2D eigenvalue weighted by Gasteiger charge is -2.29. The molecule has 0 atom stereocenters. The fourth-order valence-corrected chi connectivity index (χ4v) is 2.29. The number of allylic oxidation sites excluding steroid dienone is 1. The smallest absolute Gasteiger partial charge is 0.410 e. The van der Waals surface area contributed by atoms with Crippen molar-refractivity contribution in [2.24, 2.45) is 0 Å². The second-order valence-corrected chi connectivity index (χ2v) is 6.38. The maximum Gasteiger partial charge on any atom is 0.410 e. The molecule has 4 heteroatoms. The Morgan fingerprint density at radius 3 is 2.64 bits per heavy atom. The Bertz CT molecular complexity index is 580. The third-order valence-electron chi connectivity index (χ3n) is 3.36. The van der Waals surface area contributed by atoms with Gasteiger partial charge in [0.15, 0.2) is 0 Å². The highest BCUT2D eigenvalue weighted by Crippen LogP contribution is 2.23. The van der Waals surface area contributed by atoms with Gasteiger partial charge in [-0.2, -0.15) is 0 Å². The first-order valence-corrected chi connectivity index (χ1v) is 7.65. The molecule has 0 saturated heterocycles. The summed E-state index contributed by atoms with van der Waals surface area (Å²) in [5, 5.41) is 0. The van der Waals surface area contributed by atoms with Gasteiger partial charge in [0.25, 0.3) is 0 Å². The summed E-state index contributed by atoms with van der Waals surface area (Å²) in [5.74, 6) is 0. The highest BCUT2D eigenvalue weighted by Gasteiger charge is 2.23. The zero-order valence-corrected chi connectivity index (χ0v) is 13.8. The maximum atomic E-state index is 12.0. The standard InChI is InChI=1S/C18H24N2O2/c1-5-6-16-8-7-15(13-19-16)14-9-11-20(12-10-14)17(21)22-18(2,3)4/h5-9,13H,10-12H2,1-4H3/b6-5+. The number of ether oxygens (including phenoxy) is 1. The summed E-state index contributed by atoms with van der Waals surface area (Å²) in [7, 11) is 0. The van der Waals surface area contributed by atoms with Gasteiger partial charge in [0.2, 0.25) is 0 Å². The zero-order chi connectivity index (χ0) is 16.2. The van der Waals surface area contributed by atoms with E-state index in [1.165, 1.54) is 5.57 Å². The monoisotopic (exact) mass is 300 g/mol. The van der Waals surface area contributed by atoms with E-state index in [4.69, 9.17) is 4.74 Å². The maximum absolute atomic E-state index is 12.0. The summed E-state index contributed by atoms with van der Waals surface area (Å²) in [5.41, 5.74) is 2.86. The number of pyridine rings is 1. The fourth-order valence-electron chi connectivity index (χ4n) is 2.29. The molecule has 0 fully saturated rings. The van der Waals surface area contributed by atoms with Gasteiger partial charge in [-0.3, -0.25) is 4.98 Å². The molecular formula is C18H24N2O2. The first kappa shape index (κ1) is 16.3. The predicted molar refractivity (Wildman–Crippen MR) is 89.3 cm³/mol. The number of rotatable bonds is 2. The molecule has 118 valence electrons. The van der Waals surface area contributed by atoms with Crippen LogP contribution in [-0.4, -0.2) is 34.7 Å². The van der Waals surface area contributed by atoms with Crippen LogP contribution in [0.4, 0.5) is 4.79 Å². The Morgan fingerprint density at radius 1 is 1.36 bits per heavy atom. The Morgan fingerprint density at radius 2 is 2.14 bits per heavy atom. The number of carbonyl (C=O) groups is 1. The SMILES string of the molecule is C/C=C/c1ccc(C2=CCN(C(=O)OC(C)(C)C)CC2)cn1. The summed E-state index contributed by atoms with van der Waals surface area (Å²) >= 11 is 0. The van der Waals surface area contributed by atoms with Crippen molar-refractivity contribution in [1.29, 1.82) is 0 Å². The lowest BCUT2D eigenvalue weighted by molar-refractivity contribution is 0.0270. The summed E-state index contributed by atoms with van der Waals surface area (Å²) in [6.45, 7) is 8.89. The summed E-state index contributed by atoms with van der Waals surface area (Å²) in [6, 6.07) is 4.09. The Balaban J connectivity index is 2.00. The molecular weight excluding hydrogens is 276 g/mol. The summed E-state index contributed by atoms with van der Waals surface area (Å²) in [4.78, 5) is 18.2. The van der Waals surface area contributed by atoms with Gasteiger partial charge < -0.3 is 9.64 Å². The molecule has 1 aliphatic rings. The van der Waals surface area contributed by atoms with Crippen LogP contribution in [0, 0.1) is 0 Å². The Hall–Kier alpha value is -2.10. The van der Waals surface area contributed by atoms with E-state index in [0.717, 1.165) is 17.7 Å². The van der Waals surface area contributed by atoms with Gasteiger partial charge in [-0.05, 0) is 57.4 Å². The average molecular weight is 300 g/mol. The van der Waals surface area contributed by atoms with Crippen molar-refractivity contribution in [3.8, 4) is 0 Å². The van der Waals surface area contributed by atoms with E-state index in [-0.39, 0.29) is 6.09 Å². The molecule has 1 amide bonds. The van der Waals surface area contributed by atoms with Crippen molar-refractivity contribution < 1.29 is 9.53 Å². The molecule has 2 heterocycles. The highest BCUT2D eigenvalue weighted by atomic mass is 16.6. The Labute approximate surface area is 132 Å². The lowest BCUT2D eigenvalue weighted by Crippen LogP contribution is -2.39. The van der Waals surface area contributed by atoms with Crippen LogP contribution >= 0.6 is 0 Å². The lowest BCUT2D eigenvalue weighted by atomic mass is 10.0. The number of amides is 1. The molecule has 2 rings (SSSR count). The number of aromatic nitrogens is 1. The van der Waals surface area contributed by atoms with Gasteiger partial charge in [-0.15, -0.1) is 0 Å². The van der Waals surface area contributed by atoms with Crippen LogP contribution in [0.3, 0.4) is 0 Å². The second kappa shape index (κ2) is 6.77. The van der Waals surface area contributed by atoms with Gasteiger partial charge in [-0.1, -0.05) is 18.2 Å². The van der Waals surface area contributed by atoms with Crippen molar-refractivity contribution >= 4 is 17.7 Å².